The van der Waals surface area contributed by atoms with Crippen LogP contribution in [-0.4, -0.2) is 42.1 Å². The zero-order valence-corrected chi connectivity index (χ0v) is 12.0. The van der Waals surface area contributed by atoms with Gasteiger partial charge >= 0.3 is 0 Å². The van der Waals surface area contributed by atoms with E-state index < -0.39 is 0 Å². The van der Waals surface area contributed by atoms with Gasteiger partial charge < -0.3 is 10.2 Å². The Morgan fingerprint density at radius 2 is 2.11 bits per heavy atom. The second-order valence-electron chi connectivity index (χ2n) is 4.26. The van der Waals surface area contributed by atoms with Crippen LogP contribution in [0.3, 0.4) is 0 Å². The van der Waals surface area contributed by atoms with E-state index in [1.54, 1.807) is 17.0 Å². The highest BCUT2D eigenvalue weighted by atomic mass is 35.5. The number of thioether (sulfide) groups is 1. The minimum Gasteiger partial charge on any atom is -0.354 e. The van der Waals surface area contributed by atoms with Gasteiger partial charge in [-0.15, -0.1) is 11.8 Å². The lowest BCUT2D eigenvalue weighted by atomic mass is 10.4. The molecule has 1 aromatic rings. The first-order chi connectivity index (χ1) is 9.15. The molecular formula is C13H15ClN2O2S. The highest BCUT2D eigenvalue weighted by Crippen LogP contribution is 2.20. The number of halogens is 1. The van der Waals surface area contributed by atoms with E-state index in [2.05, 4.69) is 5.32 Å². The second kappa shape index (κ2) is 6.82. The summed E-state index contributed by atoms with van der Waals surface area (Å²) in [5.41, 5.74) is 0. The first kappa shape index (κ1) is 14.2. The molecule has 1 saturated heterocycles. The molecule has 1 fully saturated rings. The van der Waals surface area contributed by atoms with Crippen molar-refractivity contribution in [3.63, 3.8) is 0 Å². The molecule has 0 saturated carbocycles. The van der Waals surface area contributed by atoms with Crippen molar-refractivity contribution in [2.45, 2.75) is 11.3 Å². The molecule has 1 N–H and O–H groups in total. The molecule has 0 atom stereocenters. The highest BCUT2D eigenvalue weighted by molar-refractivity contribution is 8.00. The summed E-state index contributed by atoms with van der Waals surface area (Å²) in [5.74, 6) is 0.258. The van der Waals surface area contributed by atoms with Crippen molar-refractivity contribution in [1.82, 2.24) is 10.2 Å². The number of amides is 2. The van der Waals surface area contributed by atoms with Crippen molar-refractivity contribution in [2.24, 2.45) is 0 Å². The van der Waals surface area contributed by atoms with Crippen LogP contribution in [0.15, 0.2) is 29.2 Å². The van der Waals surface area contributed by atoms with Gasteiger partial charge in [0.1, 0.15) is 0 Å². The third kappa shape index (κ3) is 4.44. The number of benzene rings is 1. The monoisotopic (exact) mass is 298 g/mol. The second-order valence-corrected chi connectivity index (χ2v) is 5.75. The summed E-state index contributed by atoms with van der Waals surface area (Å²) in [5, 5.41) is 3.44. The summed E-state index contributed by atoms with van der Waals surface area (Å²) >= 11 is 7.26. The zero-order valence-electron chi connectivity index (χ0n) is 10.4. The quantitative estimate of drug-likeness (QED) is 0.866. The summed E-state index contributed by atoms with van der Waals surface area (Å²) < 4.78 is 0. The van der Waals surface area contributed by atoms with Crippen molar-refractivity contribution >= 4 is 35.2 Å². The van der Waals surface area contributed by atoms with E-state index in [1.165, 1.54) is 11.8 Å². The minimum absolute atomic E-state index is 0.00278. The standard InChI is InChI=1S/C13H15ClN2O2S/c14-10-2-4-11(5-3-10)19-9-13(18)16-7-1-6-15-12(17)8-16/h2-5H,1,6-9H2,(H,15,17). The van der Waals surface area contributed by atoms with Gasteiger partial charge in [0.15, 0.2) is 0 Å². The number of carbonyl (C=O) groups is 2. The van der Waals surface area contributed by atoms with Crippen molar-refractivity contribution in [1.29, 1.82) is 0 Å². The third-order valence-corrected chi connectivity index (χ3v) is 4.04. The van der Waals surface area contributed by atoms with Gasteiger partial charge in [0, 0.05) is 23.0 Å². The Kier molecular flexibility index (Phi) is 5.10. The largest absolute Gasteiger partial charge is 0.354 e. The first-order valence-corrected chi connectivity index (χ1v) is 7.44. The van der Waals surface area contributed by atoms with Crippen molar-refractivity contribution < 1.29 is 9.59 Å². The van der Waals surface area contributed by atoms with E-state index >= 15 is 0 Å². The smallest absolute Gasteiger partial charge is 0.239 e. The Labute approximate surface area is 121 Å². The summed E-state index contributed by atoms with van der Waals surface area (Å²) in [6.45, 7) is 1.45. The molecule has 1 aliphatic heterocycles. The Morgan fingerprint density at radius 3 is 2.84 bits per heavy atom. The molecule has 1 heterocycles. The van der Waals surface area contributed by atoms with Crippen LogP contribution in [0, 0.1) is 0 Å². The fourth-order valence-electron chi connectivity index (χ4n) is 1.79. The Bertz CT molecular complexity index is 464. The number of nitrogens with one attached hydrogen (secondary N) is 1. The predicted molar refractivity (Wildman–Crippen MR) is 76.4 cm³/mol. The van der Waals surface area contributed by atoms with Gasteiger partial charge in [0.2, 0.25) is 11.8 Å². The lowest BCUT2D eigenvalue weighted by Gasteiger charge is -2.18. The number of rotatable bonds is 3. The van der Waals surface area contributed by atoms with Crippen LogP contribution < -0.4 is 5.32 Å². The molecule has 2 rings (SSSR count). The Balaban J connectivity index is 1.86. The van der Waals surface area contributed by atoms with E-state index in [1.807, 2.05) is 12.1 Å². The van der Waals surface area contributed by atoms with Crippen LogP contribution in [0.4, 0.5) is 0 Å². The summed E-state index contributed by atoms with van der Waals surface area (Å²) in [6.07, 6.45) is 0.809. The molecule has 1 aromatic carbocycles. The fourth-order valence-corrected chi connectivity index (χ4v) is 2.71. The molecule has 0 aliphatic carbocycles. The molecule has 0 bridgehead atoms. The van der Waals surface area contributed by atoms with Crippen LogP contribution in [0.2, 0.25) is 5.02 Å². The molecule has 4 nitrogen and oxygen atoms in total. The average Bonchev–Trinajstić information content (AvgIpc) is 2.62. The lowest BCUT2D eigenvalue weighted by Crippen LogP contribution is -2.38. The molecule has 0 spiro atoms. The number of carbonyl (C=O) groups excluding carboxylic acids is 2. The summed E-state index contributed by atoms with van der Waals surface area (Å²) in [4.78, 5) is 26.0. The third-order valence-electron chi connectivity index (χ3n) is 2.79. The van der Waals surface area contributed by atoms with Crippen molar-refractivity contribution in [3.05, 3.63) is 29.3 Å². The van der Waals surface area contributed by atoms with Crippen LogP contribution >= 0.6 is 23.4 Å². The molecule has 0 unspecified atom stereocenters. The van der Waals surface area contributed by atoms with Crippen LogP contribution in [-0.2, 0) is 9.59 Å². The number of hydrogen-bond acceptors (Lipinski definition) is 3. The van der Waals surface area contributed by atoms with Gasteiger partial charge in [-0.3, -0.25) is 9.59 Å². The van der Waals surface area contributed by atoms with E-state index in [0.29, 0.717) is 23.9 Å². The van der Waals surface area contributed by atoms with Gasteiger partial charge in [-0.2, -0.15) is 0 Å². The van der Waals surface area contributed by atoms with Crippen molar-refractivity contribution in [2.75, 3.05) is 25.4 Å². The predicted octanol–water partition coefficient (Wildman–Crippen LogP) is 1.78. The van der Waals surface area contributed by atoms with E-state index in [4.69, 9.17) is 11.6 Å². The molecule has 1 aliphatic rings. The SMILES string of the molecule is O=C1CN(C(=O)CSc2ccc(Cl)cc2)CCCN1. The molecule has 0 radical (unpaired) electrons. The highest BCUT2D eigenvalue weighted by Gasteiger charge is 2.19. The summed E-state index contributed by atoms with van der Waals surface area (Å²) in [6, 6.07) is 7.37. The maximum absolute atomic E-state index is 12.0. The average molecular weight is 299 g/mol. The number of nitrogens with zero attached hydrogens (tertiary/aromatic N) is 1. The van der Waals surface area contributed by atoms with E-state index in [-0.39, 0.29) is 18.4 Å². The van der Waals surface area contributed by atoms with Gasteiger partial charge in [0.05, 0.1) is 12.3 Å². The maximum atomic E-state index is 12.0. The molecule has 0 aromatic heterocycles. The minimum atomic E-state index is -0.0812. The van der Waals surface area contributed by atoms with Crippen LogP contribution in [0.1, 0.15) is 6.42 Å². The molecule has 19 heavy (non-hydrogen) atoms. The van der Waals surface area contributed by atoms with E-state index in [0.717, 1.165) is 11.3 Å². The molecule has 2 amide bonds. The Morgan fingerprint density at radius 1 is 1.37 bits per heavy atom. The van der Waals surface area contributed by atoms with Gasteiger partial charge in [-0.05, 0) is 30.7 Å². The topological polar surface area (TPSA) is 49.4 Å². The Hall–Kier alpha value is -1.20. The van der Waals surface area contributed by atoms with E-state index in [9.17, 15) is 9.59 Å². The summed E-state index contributed by atoms with van der Waals surface area (Å²) in [7, 11) is 0. The maximum Gasteiger partial charge on any atom is 0.239 e. The molecule has 6 heteroatoms. The number of hydrogen-bond donors (Lipinski definition) is 1. The fraction of sp³-hybridized carbons (Fsp3) is 0.385. The van der Waals surface area contributed by atoms with Gasteiger partial charge in [0.25, 0.3) is 0 Å². The molecule has 102 valence electrons. The van der Waals surface area contributed by atoms with Crippen molar-refractivity contribution in [3.8, 4) is 0 Å². The van der Waals surface area contributed by atoms with Crippen LogP contribution in [0.5, 0.6) is 0 Å². The molecular weight excluding hydrogens is 284 g/mol. The van der Waals surface area contributed by atoms with Gasteiger partial charge in [-0.25, -0.2) is 0 Å². The first-order valence-electron chi connectivity index (χ1n) is 6.08. The zero-order chi connectivity index (χ0) is 13.7. The normalized spacial score (nSPS) is 15.8. The van der Waals surface area contributed by atoms with Crippen LogP contribution in [0.25, 0.3) is 0 Å². The van der Waals surface area contributed by atoms with Gasteiger partial charge in [-0.1, -0.05) is 11.6 Å². The lowest BCUT2D eigenvalue weighted by molar-refractivity contribution is -0.133.